The molecule has 1 atom stereocenters. The Kier molecular flexibility index (Phi) is 7.68. The Morgan fingerprint density at radius 1 is 1.11 bits per heavy atom. The number of rotatable bonds is 7. The first-order valence-corrected chi connectivity index (χ1v) is 13.3. The third-order valence-electron chi connectivity index (χ3n) is 6.97. The van der Waals surface area contributed by atoms with Crippen LogP contribution in [-0.4, -0.2) is 28.3 Å². The molecule has 0 saturated heterocycles. The van der Waals surface area contributed by atoms with Crippen molar-refractivity contribution in [1.82, 2.24) is 0 Å². The van der Waals surface area contributed by atoms with Gasteiger partial charge in [0.05, 0.1) is 5.69 Å². The molecule has 1 aliphatic heterocycles. The first kappa shape index (κ1) is 26.4. The number of hydrogen-bond donors (Lipinski definition) is 4. The average molecular weight is 519 g/mol. The van der Waals surface area contributed by atoms with Gasteiger partial charge in [0, 0.05) is 27.5 Å². The maximum atomic E-state index is 12.6. The largest absolute Gasteiger partial charge is 0.507 e. The highest BCUT2D eigenvalue weighted by molar-refractivity contribution is 7.99. The second-order valence-electron chi connectivity index (χ2n) is 9.75. The van der Waals surface area contributed by atoms with Crippen LogP contribution in [0.3, 0.4) is 0 Å². The SMILES string of the molecule is Cc1c(C)c2c(c(C)c1O)CCC(C)(CCSc1ccc(NC(=O)c3cccc(N=C(N)N)c3)cc1)O2. The lowest BCUT2D eigenvalue weighted by atomic mass is 9.86. The number of guanidine groups is 1. The summed E-state index contributed by atoms with van der Waals surface area (Å²) >= 11 is 1.77. The zero-order valence-electron chi connectivity index (χ0n) is 21.7. The van der Waals surface area contributed by atoms with E-state index in [9.17, 15) is 9.90 Å². The van der Waals surface area contributed by atoms with Crippen LogP contribution >= 0.6 is 11.8 Å². The smallest absolute Gasteiger partial charge is 0.255 e. The van der Waals surface area contributed by atoms with E-state index in [0.717, 1.165) is 57.9 Å². The van der Waals surface area contributed by atoms with Gasteiger partial charge in [-0.3, -0.25) is 4.79 Å². The molecule has 0 spiro atoms. The number of carbonyl (C=O) groups excluding carboxylic acids is 1. The summed E-state index contributed by atoms with van der Waals surface area (Å²) in [5.74, 6) is 1.95. The molecule has 3 aromatic carbocycles. The molecule has 194 valence electrons. The first-order chi connectivity index (χ1) is 17.6. The second kappa shape index (κ2) is 10.8. The minimum absolute atomic E-state index is 0.0555. The van der Waals surface area contributed by atoms with Crippen molar-refractivity contribution >= 4 is 35.0 Å². The van der Waals surface area contributed by atoms with Crippen molar-refractivity contribution in [2.24, 2.45) is 16.5 Å². The normalized spacial score (nSPS) is 16.4. The minimum Gasteiger partial charge on any atom is -0.507 e. The summed E-state index contributed by atoms with van der Waals surface area (Å²) in [5, 5.41) is 13.3. The van der Waals surface area contributed by atoms with E-state index < -0.39 is 0 Å². The lowest BCUT2D eigenvalue weighted by Gasteiger charge is -2.38. The Morgan fingerprint density at radius 3 is 2.54 bits per heavy atom. The number of aromatic hydroxyl groups is 1. The number of hydrogen-bond acceptors (Lipinski definition) is 5. The summed E-state index contributed by atoms with van der Waals surface area (Å²) < 4.78 is 6.55. The fourth-order valence-electron chi connectivity index (χ4n) is 4.56. The predicted octanol–water partition coefficient (Wildman–Crippen LogP) is 5.74. The Morgan fingerprint density at radius 2 is 1.84 bits per heavy atom. The molecular formula is C29H34N4O3S. The maximum absolute atomic E-state index is 12.6. The highest BCUT2D eigenvalue weighted by atomic mass is 32.2. The van der Waals surface area contributed by atoms with Crippen molar-refractivity contribution in [2.75, 3.05) is 11.1 Å². The number of carbonyl (C=O) groups is 1. The van der Waals surface area contributed by atoms with Gasteiger partial charge in [0.1, 0.15) is 17.1 Å². The quantitative estimate of drug-likeness (QED) is 0.180. The third-order valence-corrected chi connectivity index (χ3v) is 7.98. The standard InChI is InChI=1S/C29H34N4O3S/c1-17-18(2)26-24(19(3)25(17)34)12-13-29(4,36-26)14-15-37-23-10-8-21(9-11-23)32-27(35)20-6-5-7-22(16-20)33-28(30)31/h5-11,16,34H,12-15H2,1-4H3,(H,32,35)(H4,30,31,33). The Bertz CT molecular complexity index is 1350. The number of aliphatic imine (C=N–C) groups is 1. The number of ether oxygens (including phenoxy) is 1. The number of nitrogens with two attached hydrogens (primary N) is 2. The summed E-state index contributed by atoms with van der Waals surface area (Å²) in [5.41, 5.74) is 16.3. The van der Waals surface area contributed by atoms with Crippen molar-refractivity contribution in [3.63, 3.8) is 0 Å². The number of fused-ring (bicyclic) bond motifs is 1. The van der Waals surface area contributed by atoms with E-state index in [1.54, 1.807) is 36.0 Å². The van der Waals surface area contributed by atoms with Crippen LogP contribution in [0.1, 0.15) is 52.4 Å². The number of anilines is 1. The fourth-order valence-corrected chi connectivity index (χ4v) is 5.66. The van der Waals surface area contributed by atoms with E-state index in [0.29, 0.717) is 22.7 Å². The lowest BCUT2D eigenvalue weighted by molar-refractivity contribution is 0.0610. The van der Waals surface area contributed by atoms with Crippen LogP contribution in [0.2, 0.25) is 0 Å². The van der Waals surface area contributed by atoms with Crippen LogP contribution < -0.4 is 21.5 Å². The zero-order chi connectivity index (χ0) is 26.7. The lowest BCUT2D eigenvalue weighted by Crippen LogP contribution is -2.37. The van der Waals surface area contributed by atoms with Crippen LogP contribution in [0.15, 0.2) is 58.4 Å². The van der Waals surface area contributed by atoms with E-state index in [-0.39, 0.29) is 17.5 Å². The molecule has 0 radical (unpaired) electrons. The Labute approximate surface area is 222 Å². The van der Waals surface area contributed by atoms with Gasteiger partial charge in [-0.05, 0) is 106 Å². The Balaban J connectivity index is 1.33. The van der Waals surface area contributed by atoms with Gasteiger partial charge in [-0.15, -0.1) is 11.8 Å². The highest BCUT2D eigenvalue weighted by Gasteiger charge is 2.34. The topological polar surface area (TPSA) is 123 Å². The number of nitrogens with one attached hydrogen (secondary N) is 1. The number of amides is 1. The predicted molar refractivity (Wildman–Crippen MR) is 151 cm³/mol. The van der Waals surface area contributed by atoms with Gasteiger partial charge in [0.2, 0.25) is 0 Å². The summed E-state index contributed by atoms with van der Waals surface area (Å²) in [6, 6.07) is 14.6. The van der Waals surface area contributed by atoms with E-state index in [1.807, 2.05) is 45.0 Å². The molecule has 0 bridgehead atoms. The third kappa shape index (κ3) is 6.02. The van der Waals surface area contributed by atoms with E-state index in [1.165, 1.54) is 0 Å². The molecule has 1 amide bonds. The van der Waals surface area contributed by atoms with Crippen molar-refractivity contribution in [3.8, 4) is 11.5 Å². The molecular weight excluding hydrogens is 484 g/mol. The summed E-state index contributed by atoms with van der Waals surface area (Å²) in [6.45, 7) is 8.11. The highest BCUT2D eigenvalue weighted by Crippen LogP contribution is 2.44. The number of thioether (sulfide) groups is 1. The van der Waals surface area contributed by atoms with Gasteiger partial charge in [0.25, 0.3) is 5.91 Å². The first-order valence-electron chi connectivity index (χ1n) is 12.3. The van der Waals surface area contributed by atoms with Crippen molar-refractivity contribution < 1.29 is 14.6 Å². The monoisotopic (exact) mass is 518 g/mol. The second-order valence-corrected chi connectivity index (χ2v) is 10.9. The van der Waals surface area contributed by atoms with Gasteiger partial charge < -0.3 is 26.6 Å². The summed E-state index contributed by atoms with van der Waals surface area (Å²) in [7, 11) is 0. The molecule has 7 nitrogen and oxygen atoms in total. The summed E-state index contributed by atoms with van der Waals surface area (Å²) in [4.78, 5) is 17.7. The molecule has 6 N–H and O–H groups in total. The average Bonchev–Trinajstić information content (AvgIpc) is 2.87. The molecule has 0 saturated carbocycles. The van der Waals surface area contributed by atoms with Crippen molar-refractivity contribution in [3.05, 3.63) is 76.3 Å². The molecule has 3 aromatic rings. The molecule has 1 aliphatic rings. The van der Waals surface area contributed by atoms with Crippen LogP contribution in [-0.2, 0) is 6.42 Å². The number of benzene rings is 3. The Hall–Kier alpha value is -3.65. The zero-order valence-corrected chi connectivity index (χ0v) is 22.5. The van der Waals surface area contributed by atoms with Gasteiger partial charge >= 0.3 is 0 Å². The van der Waals surface area contributed by atoms with Crippen LogP contribution in [0.4, 0.5) is 11.4 Å². The molecule has 1 heterocycles. The molecule has 4 rings (SSSR count). The van der Waals surface area contributed by atoms with E-state index in [2.05, 4.69) is 17.2 Å². The molecule has 1 unspecified atom stereocenters. The molecule has 37 heavy (non-hydrogen) atoms. The van der Waals surface area contributed by atoms with Crippen molar-refractivity contribution in [1.29, 1.82) is 0 Å². The molecule has 8 heteroatoms. The number of nitrogens with zero attached hydrogens (tertiary/aromatic N) is 1. The molecule has 0 aliphatic carbocycles. The molecule has 0 aromatic heterocycles. The van der Waals surface area contributed by atoms with Crippen molar-refractivity contribution in [2.45, 2.75) is 57.5 Å². The fraction of sp³-hybridized carbons (Fsp3) is 0.310. The van der Waals surface area contributed by atoms with Crippen LogP contribution in [0.25, 0.3) is 0 Å². The van der Waals surface area contributed by atoms with Crippen LogP contribution in [0, 0.1) is 20.8 Å². The number of phenolic OH excluding ortho intramolecular Hbond substituents is 1. The maximum Gasteiger partial charge on any atom is 0.255 e. The van der Waals surface area contributed by atoms with E-state index in [4.69, 9.17) is 16.2 Å². The number of phenols is 1. The summed E-state index contributed by atoms with van der Waals surface area (Å²) in [6.07, 6.45) is 2.72. The van der Waals surface area contributed by atoms with Crippen LogP contribution in [0.5, 0.6) is 11.5 Å². The van der Waals surface area contributed by atoms with E-state index >= 15 is 0 Å². The van der Waals surface area contributed by atoms with Gasteiger partial charge in [-0.1, -0.05) is 6.07 Å². The van der Waals surface area contributed by atoms with Gasteiger partial charge in [-0.25, -0.2) is 4.99 Å². The minimum atomic E-state index is -0.248. The van der Waals surface area contributed by atoms with Gasteiger partial charge in [-0.2, -0.15) is 0 Å². The molecule has 0 fully saturated rings. The van der Waals surface area contributed by atoms with Gasteiger partial charge in [0.15, 0.2) is 5.96 Å².